The van der Waals surface area contributed by atoms with E-state index in [0.717, 1.165) is 27.6 Å². The topological polar surface area (TPSA) is 33.6 Å². The maximum atomic E-state index is 6.13. The number of halogens is 1. The Bertz CT molecular complexity index is 1030. The van der Waals surface area contributed by atoms with E-state index in [1.807, 2.05) is 53.1 Å². The van der Waals surface area contributed by atoms with Crippen molar-refractivity contribution in [1.29, 1.82) is 0 Å². The monoisotopic (exact) mass is 311 g/mol. The summed E-state index contributed by atoms with van der Waals surface area (Å²) in [6.07, 6.45) is 1.79. The minimum absolute atomic E-state index is 0.642. The van der Waals surface area contributed by atoms with E-state index in [2.05, 4.69) is 9.97 Å². The number of benzene rings is 2. The molecule has 0 unspecified atom stereocenters. The van der Waals surface area contributed by atoms with Crippen LogP contribution in [-0.4, -0.2) is 14.5 Å². The van der Waals surface area contributed by atoms with Crippen LogP contribution in [-0.2, 0) is 0 Å². The molecule has 0 saturated carbocycles. The van der Waals surface area contributed by atoms with Gasteiger partial charge in [-0.1, -0.05) is 17.7 Å². The summed E-state index contributed by atoms with van der Waals surface area (Å²) in [5, 5.41) is 1.74. The number of nitrogens with zero attached hydrogens (tertiary/aromatic N) is 2. The van der Waals surface area contributed by atoms with Crippen molar-refractivity contribution in [2.45, 2.75) is 0 Å². The van der Waals surface area contributed by atoms with Crippen LogP contribution in [0.5, 0.6) is 0 Å². The van der Waals surface area contributed by atoms with Gasteiger partial charge in [-0.15, -0.1) is 0 Å². The van der Waals surface area contributed by atoms with Crippen molar-refractivity contribution < 1.29 is 0 Å². The molecule has 1 N–H and O–H groups in total. The highest BCUT2D eigenvalue weighted by molar-refractivity contribution is 7.71. The summed E-state index contributed by atoms with van der Waals surface area (Å²) in [5.74, 6) is 0. The third kappa shape index (κ3) is 1.95. The van der Waals surface area contributed by atoms with E-state index in [1.165, 1.54) is 0 Å². The van der Waals surface area contributed by atoms with Crippen molar-refractivity contribution in [3.8, 4) is 5.69 Å². The Morgan fingerprint density at radius 1 is 1.10 bits per heavy atom. The summed E-state index contributed by atoms with van der Waals surface area (Å²) in [6.45, 7) is 0. The van der Waals surface area contributed by atoms with Crippen LogP contribution in [0, 0.1) is 4.77 Å². The molecule has 0 aliphatic heterocycles. The second kappa shape index (κ2) is 4.69. The van der Waals surface area contributed by atoms with E-state index in [0.29, 0.717) is 9.79 Å². The molecule has 2 aromatic carbocycles. The molecule has 0 radical (unpaired) electrons. The summed E-state index contributed by atoms with van der Waals surface area (Å²) in [5.41, 5.74) is 3.86. The number of hydrogen-bond donors (Lipinski definition) is 1. The number of aromatic nitrogens is 3. The van der Waals surface area contributed by atoms with Gasteiger partial charge in [-0.2, -0.15) is 0 Å². The number of fused-ring (bicyclic) bond motifs is 2. The molecule has 0 spiro atoms. The minimum Gasteiger partial charge on any atom is -0.330 e. The second-order valence-electron chi connectivity index (χ2n) is 4.77. The van der Waals surface area contributed by atoms with Crippen LogP contribution in [0.4, 0.5) is 0 Å². The Morgan fingerprint density at radius 3 is 2.90 bits per heavy atom. The molecular weight excluding hydrogens is 302 g/mol. The highest BCUT2D eigenvalue weighted by atomic mass is 35.5. The van der Waals surface area contributed by atoms with Gasteiger partial charge in [0.2, 0.25) is 0 Å². The van der Waals surface area contributed by atoms with E-state index in [-0.39, 0.29) is 0 Å². The Hall–Kier alpha value is -2.17. The summed E-state index contributed by atoms with van der Waals surface area (Å²) in [7, 11) is 0. The first kappa shape index (κ1) is 12.6. The maximum Gasteiger partial charge on any atom is 0.182 e. The molecule has 0 aliphatic rings. The van der Waals surface area contributed by atoms with E-state index < -0.39 is 0 Å². The molecule has 0 fully saturated rings. The van der Waals surface area contributed by atoms with Gasteiger partial charge in [-0.25, -0.2) is 0 Å². The van der Waals surface area contributed by atoms with Crippen LogP contribution >= 0.6 is 23.8 Å². The number of imidazole rings is 1. The molecule has 2 heterocycles. The highest BCUT2D eigenvalue weighted by Crippen LogP contribution is 2.27. The molecule has 4 rings (SSSR count). The minimum atomic E-state index is 0.642. The molecule has 0 amide bonds. The molecule has 0 saturated heterocycles. The Labute approximate surface area is 130 Å². The molecule has 0 atom stereocenters. The van der Waals surface area contributed by atoms with Crippen molar-refractivity contribution >= 4 is 45.8 Å². The Balaban J connectivity index is 2.16. The van der Waals surface area contributed by atoms with Gasteiger partial charge in [0, 0.05) is 16.6 Å². The zero-order valence-electron chi connectivity index (χ0n) is 10.9. The normalized spacial score (nSPS) is 11.3. The summed E-state index contributed by atoms with van der Waals surface area (Å²) in [6, 6.07) is 15.7. The first-order valence-corrected chi connectivity index (χ1v) is 7.27. The van der Waals surface area contributed by atoms with Gasteiger partial charge in [0.05, 0.1) is 22.2 Å². The smallest absolute Gasteiger partial charge is 0.182 e. The number of H-pyrrole nitrogens is 1. The molecule has 5 heteroatoms. The summed E-state index contributed by atoms with van der Waals surface area (Å²) >= 11 is 11.6. The van der Waals surface area contributed by atoms with Crippen LogP contribution in [0.15, 0.2) is 54.7 Å². The van der Waals surface area contributed by atoms with E-state index in [1.54, 1.807) is 6.20 Å². The van der Waals surface area contributed by atoms with Crippen LogP contribution in [0.3, 0.4) is 0 Å². The zero-order chi connectivity index (χ0) is 14.4. The van der Waals surface area contributed by atoms with Crippen molar-refractivity contribution in [2.24, 2.45) is 0 Å². The first-order chi connectivity index (χ1) is 10.2. The van der Waals surface area contributed by atoms with Gasteiger partial charge in [-0.05, 0) is 54.7 Å². The molecule has 4 aromatic rings. The summed E-state index contributed by atoms with van der Waals surface area (Å²) in [4.78, 5) is 7.61. The first-order valence-electron chi connectivity index (χ1n) is 6.48. The quantitative estimate of drug-likeness (QED) is 0.508. The summed E-state index contributed by atoms with van der Waals surface area (Å²) < 4.78 is 2.64. The lowest BCUT2D eigenvalue weighted by atomic mass is 10.1. The average Bonchev–Trinajstić information content (AvgIpc) is 2.82. The van der Waals surface area contributed by atoms with Crippen LogP contribution < -0.4 is 0 Å². The van der Waals surface area contributed by atoms with Crippen molar-refractivity contribution in [1.82, 2.24) is 14.5 Å². The van der Waals surface area contributed by atoms with Gasteiger partial charge in [0.1, 0.15) is 0 Å². The van der Waals surface area contributed by atoms with E-state index in [4.69, 9.17) is 23.8 Å². The fraction of sp³-hybridized carbons (Fsp3) is 0. The number of aromatic amines is 1. The molecule has 0 aliphatic carbocycles. The third-order valence-electron chi connectivity index (χ3n) is 3.51. The van der Waals surface area contributed by atoms with Crippen molar-refractivity contribution in [3.05, 3.63) is 64.5 Å². The van der Waals surface area contributed by atoms with Crippen LogP contribution in [0.25, 0.3) is 27.6 Å². The highest BCUT2D eigenvalue weighted by Gasteiger charge is 2.10. The fourth-order valence-corrected chi connectivity index (χ4v) is 3.07. The lowest BCUT2D eigenvalue weighted by Crippen LogP contribution is -1.95. The number of pyridine rings is 1. The van der Waals surface area contributed by atoms with Gasteiger partial charge in [0.25, 0.3) is 0 Å². The fourth-order valence-electron chi connectivity index (χ4n) is 2.60. The molecule has 102 valence electrons. The maximum absolute atomic E-state index is 6.13. The molecule has 3 nitrogen and oxygen atoms in total. The van der Waals surface area contributed by atoms with Gasteiger partial charge in [-0.3, -0.25) is 9.55 Å². The van der Waals surface area contributed by atoms with E-state index >= 15 is 0 Å². The van der Waals surface area contributed by atoms with Crippen LogP contribution in [0.1, 0.15) is 0 Å². The lowest BCUT2D eigenvalue weighted by molar-refractivity contribution is 1.07. The zero-order valence-corrected chi connectivity index (χ0v) is 12.4. The molecule has 0 bridgehead atoms. The number of rotatable bonds is 1. The van der Waals surface area contributed by atoms with Gasteiger partial charge in [0.15, 0.2) is 4.77 Å². The largest absolute Gasteiger partial charge is 0.330 e. The second-order valence-corrected chi connectivity index (χ2v) is 5.60. The Morgan fingerprint density at radius 2 is 2.00 bits per heavy atom. The van der Waals surface area contributed by atoms with Gasteiger partial charge < -0.3 is 4.98 Å². The van der Waals surface area contributed by atoms with Crippen molar-refractivity contribution in [3.63, 3.8) is 0 Å². The van der Waals surface area contributed by atoms with Gasteiger partial charge >= 0.3 is 0 Å². The van der Waals surface area contributed by atoms with Crippen LogP contribution in [0.2, 0.25) is 5.02 Å². The lowest BCUT2D eigenvalue weighted by Gasteiger charge is -2.08. The third-order valence-corrected chi connectivity index (χ3v) is 4.03. The Kier molecular flexibility index (Phi) is 2.80. The predicted octanol–water partition coefficient (Wildman–Crippen LogP) is 4.89. The number of hydrogen-bond acceptors (Lipinski definition) is 2. The number of nitrogens with one attached hydrogen (secondary N) is 1. The van der Waals surface area contributed by atoms with E-state index in [9.17, 15) is 0 Å². The SMILES string of the molecule is S=c1[nH]c2ccc(Cl)cc2n1-c1cccc2ncccc12. The molecular formula is C16H10ClN3S. The molecule has 2 aromatic heterocycles. The predicted molar refractivity (Wildman–Crippen MR) is 88.8 cm³/mol. The standard InChI is InChI=1S/C16H10ClN3S/c17-10-6-7-13-15(9-10)20(16(21)19-13)14-5-1-4-12-11(14)3-2-8-18-12/h1-9H,(H,19,21). The van der Waals surface area contributed by atoms with Crippen molar-refractivity contribution in [2.75, 3.05) is 0 Å². The molecule has 21 heavy (non-hydrogen) atoms. The average molecular weight is 312 g/mol.